The fourth-order valence-electron chi connectivity index (χ4n) is 7.07. The quantitative estimate of drug-likeness (QED) is 0.273. The van der Waals surface area contributed by atoms with Crippen molar-refractivity contribution in [2.75, 3.05) is 29.5 Å². The van der Waals surface area contributed by atoms with Crippen LogP contribution in [0.2, 0.25) is 5.02 Å². The number of para-hydroxylation sites is 1. The second-order valence-electron chi connectivity index (χ2n) is 11.7. The van der Waals surface area contributed by atoms with Gasteiger partial charge >= 0.3 is 0 Å². The number of alkyl halides is 1. The maximum Gasteiger partial charge on any atom is 0.253 e. The fraction of sp³-hybridized carbons (Fsp3) is 0.424. The van der Waals surface area contributed by atoms with E-state index in [1.54, 1.807) is 46.2 Å². The Balaban J connectivity index is 1.63. The number of carbonyl (C=O) groups is 3. The second-order valence-corrected chi connectivity index (χ2v) is 13.3. The Morgan fingerprint density at radius 3 is 2.21 bits per heavy atom. The molecule has 1 N–H and O–H groups in total. The van der Waals surface area contributed by atoms with E-state index in [4.69, 9.17) is 16.3 Å². The zero-order valence-corrected chi connectivity index (χ0v) is 26.7. The number of aliphatic hydroxyl groups excluding tert-OH is 1. The molecule has 8 nitrogen and oxygen atoms in total. The van der Waals surface area contributed by atoms with E-state index in [9.17, 15) is 19.5 Å². The number of rotatable bonds is 11. The smallest absolute Gasteiger partial charge is 0.253 e. The predicted octanol–water partition coefficient (Wildman–Crippen LogP) is 4.84. The molecule has 0 aromatic heterocycles. The van der Waals surface area contributed by atoms with E-state index in [2.05, 4.69) is 29.1 Å². The first-order valence-electron chi connectivity index (χ1n) is 14.5. The van der Waals surface area contributed by atoms with Crippen LogP contribution < -0.4 is 9.80 Å². The SMILES string of the molecule is C=CCN(C(=O)C1N([C@@H](CO)C(C)C)C(=O)[C@@H]2[C@@H](C(=O)N(CC=C)c3ccccc3)[C@@H]3OC12CC3Br)c1ccc(Cl)cc1. The molecule has 0 saturated carbocycles. The lowest BCUT2D eigenvalue weighted by atomic mass is 9.70. The summed E-state index contributed by atoms with van der Waals surface area (Å²) in [4.78, 5) is 48.2. The molecule has 228 valence electrons. The lowest BCUT2D eigenvalue weighted by Gasteiger charge is -2.40. The van der Waals surface area contributed by atoms with E-state index >= 15 is 0 Å². The molecule has 3 unspecified atom stereocenters. The number of carbonyl (C=O) groups excluding carboxylic acids is 3. The molecule has 0 aliphatic carbocycles. The Labute approximate surface area is 266 Å². The van der Waals surface area contributed by atoms with Crippen molar-refractivity contribution in [2.24, 2.45) is 17.8 Å². The van der Waals surface area contributed by atoms with E-state index in [1.807, 2.05) is 44.2 Å². The van der Waals surface area contributed by atoms with Crippen LogP contribution in [0, 0.1) is 17.8 Å². The molecule has 10 heteroatoms. The summed E-state index contributed by atoms with van der Waals surface area (Å²) in [5, 5.41) is 11.1. The molecule has 1 spiro atoms. The number of hydrogen-bond acceptors (Lipinski definition) is 5. The molecule has 2 aromatic rings. The van der Waals surface area contributed by atoms with Gasteiger partial charge in [0.1, 0.15) is 11.6 Å². The lowest BCUT2D eigenvalue weighted by molar-refractivity contribution is -0.145. The topological polar surface area (TPSA) is 90.4 Å². The van der Waals surface area contributed by atoms with Crippen LogP contribution in [0.5, 0.6) is 0 Å². The normalized spacial score (nSPS) is 28.1. The molecule has 2 bridgehead atoms. The number of anilines is 2. The minimum atomic E-state index is -1.28. The van der Waals surface area contributed by atoms with Crippen molar-refractivity contribution in [3.63, 3.8) is 0 Å². The van der Waals surface area contributed by atoms with Gasteiger partial charge in [0.05, 0.1) is 30.6 Å². The predicted molar refractivity (Wildman–Crippen MR) is 171 cm³/mol. The Hall–Kier alpha value is -2.98. The summed E-state index contributed by atoms with van der Waals surface area (Å²) in [6, 6.07) is 14.4. The summed E-state index contributed by atoms with van der Waals surface area (Å²) in [7, 11) is 0. The van der Waals surface area contributed by atoms with Crippen LogP contribution in [0.1, 0.15) is 20.3 Å². The highest BCUT2D eigenvalue weighted by atomic mass is 79.9. The number of amides is 3. The molecular weight excluding hydrogens is 634 g/mol. The number of fused-ring (bicyclic) bond motifs is 1. The lowest BCUT2D eigenvalue weighted by Crippen LogP contribution is -2.60. The van der Waals surface area contributed by atoms with E-state index in [1.165, 1.54) is 4.90 Å². The van der Waals surface area contributed by atoms with Gasteiger partial charge < -0.3 is 24.5 Å². The molecule has 3 aliphatic heterocycles. The van der Waals surface area contributed by atoms with Crippen LogP contribution in [-0.4, -0.2) is 76.0 Å². The third-order valence-corrected chi connectivity index (χ3v) is 10.0. The highest BCUT2D eigenvalue weighted by Gasteiger charge is 2.77. The van der Waals surface area contributed by atoms with Gasteiger partial charge in [-0.25, -0.2) is 0 Å². The van der Waals surface area contributed by atoms with Crippen molar-refractivity contribution in [3.05, 3.63) is 84.9 Å². The standard InChI is InChI=1S/C33H37BrClN3O5/c1-5-16-36(22-10-8-7-9-11-22)30(40)26-27-31(41)38(25(19-39)20(3)4)29(33(27)18-24(34)28(26)43-33)32(42)37(17-6-2)23-14-12-21(35)13-15-23/h5-15,20,24-29,39H,1-2,16-19H2,3-4H3/t24?,25-,26+,27-,28+,29?,33?/m0/s1. The summed E-state index contributed by atoms with van der Waals surface area (Å²) in [6.07, 6.45) is 3.00. The summed E-state index contributed by atoms with van der Waals surface area (Å²) < 4.78 is 6.73. The largest absolute Gasteiger partial charge is 0.394 e. The first-order valence-corrected chi connectivity index (χ1v) is 15.8. The summed E-state index contributed by atoms with van der Waals surface area (Å²) in [6.45, 7) is 11.6. The van der Waals surface area contributed by atoms with Crippen LogP contribution in [-0.2, 0) is 19.1 Å². The monoisotopic (exact) mass is 669 g/mol. The van der Waals surface area contributed by atoms with Crippen molar-refractivity contribution < 1.29 is 24.2 Å². The van der Waals surface area contributed by atoms with E-state index in [0.717, 1.165) is 0 Å². The van der Waals surface area contributed by atoms with Gasteiger partial charge in [-0.05, 0) is 48.7 Å². The number of benzene rings is 2. The van der Waals surface area contributed by atoms with Crippen LogP contribution in [0.15, 0.2) is 79.9 Å². The van der Waals surface area contributed by atoms with Crippen LogP contribution in [0.4, 0.5) is 11.4 Å². The molecule has 3 aliphatic rings. The van der Waals surface area contributed by atoms with Gasteiger partial charge in [-0.1, -0.05) is 71.7 Å². The molecule has 2 aromatic carbocycles. The van der Waals surface area contributed by atoms with Crippen molar-refractivity contribution in [1.82, 2.24) is 4.90 Å². The van der Waals surface area contributed by atoms with E-state index in [-0.39, 0.29) is 48.2 Å². The minimum absolute atomic E-state index is 0.171. The summed E-state index contributed by atoms with van der Waals surface area (Å²) >= 11 is 9.89. The molecule has 3 saturated heterocycles. The van der Waals surface area contributed by atoms with Crippen molar-refractivity contribution >= 4 is 56.6 Å². The van der Waals surface area contributed by atoms with Gasteiger partial charge in [0.2, 0.25) is 11.8 Å². The van der Waals surface area contributed by atoms with Gasteiger partial charge in [0.25, 0.3) is 5.91 Å². The average molecular weight is 671 g/mol. The molecule has 7 atom stereocenters. The second kappa shape index (κ2) is 12.6. The number of ether oxygens (including phenoxy) is 1. The Bertz CT molecular complexity index is 1390. The number of likely N-dealkylation sites (tertiary alicyclic amines) is 1. The first-order chi connectivity index (χ1) is 20.6. The zero-order valence-electron chi connectivity index (χ0n) is 24.3. The minimum Gasteiger partial charge on any atom is -0.394 e. The van der Waals surface area contributed by atoms with Crippen LogP contribution in [0.3, 0.4) is 0 Å². The van der Waals surface area contributed by atoms with Gasteiger partial charge in [-0.2, -0.15) is 0 Å². The molecule has 3 fully saturated rings. The van der Waals surface area contributed by atoms with E-state index in [0.29, 0.717) is 22.8 Å². The molecule has 3 heterocycles. The molecular formula is C33H37BrClN3O5. The summed E-state index contributed by atoms with van der Waals surface area (Å²) in [5.41, 5.74) is -0.0121. The number of halogens is 2. The summed E-state index contributed by atoms with van der Waals surface area (Å²) in [5.74, 6) is -2.91. The van der Waals surface area contributed by atoms with Crippen LogP contribution in [0.25, 0.3) is 0 Å². The highest BCUT2D eigenvalue weighted by Crippen LogP contribution is 2.61. The number of aliphatic hydroxyl groups is 1. The van der Waals surface area contributed by atoms with E-state index < -0.39 is 35.6 Å². The Morgan fingerprint density at radius 1 is 1.07 bits per heavy atom. The number of nitrogens with zero attached hydrogens (tertiary/aromatic N) is 3. The Kier molecular flexibility index (Phi) is 9.18. The average Bonchev–Trinajstić information content (AvgIpc) is 3.59. The molecule has 5 rings (SSSR count). The number of hydrogen-bond donors (Lipinski definition) is 1. The molecule has 3 amide bonds. The third kappa shape index (κ3) is 5.24. The van der Waals surface area contributed by atoms with Gasteiger partial charge in [-0.15, -0.1) is 13.2 Å². The first kappa shape index (κ1) is 31.4. The van der Waals surface area contributed by atoms with Gasteiger partial charge in [0.15, 0.2) is 0 Å². The fourth-order valence-corrected chi connectivity index (χ4v) is 8.14. The van der Waals surface area contributed by atoms with Crippen LogP contribution >= 0.6 is 27.5 Å². The Morgan fingerprint density at radius 2 is 1.65 bits per heavy atom. The van der Waals surface area contributed by atoms with Crippen molar-refractivity contribution in [3.8, 4) is 0 Å². The van der Waals surface area contributed by atoms with Gasteiger partial charge in [0, 0.05) is 34.3 Å². The van der Waals surface area contributed by atoms with Crippen molar-refractivity contribution in [2.45, 2.75) is 48.9 Å². The van der Waals surface area contributed by atoms with Gasteiger partial charge in [-0.3, -0.25) is 14.4 Å². The maximum atomic E-state index is 14.8. The third-order valence-electron chi connectivity index (χ3n) is 8.92. The maximum absolute atomic E-state index is 14.8. The van der Waals surface area contributed by atoms with Crippen molar-refractivity contribution in [1.29, 1.82) is 0 Å². The molecule has 43 heavy (non-hydrogen) atoms. The zero-order chi connectivity index (χ0) is 31.1. The highest BCUT2D eigenvalue weighted by molar-refractivity contribution is 9.09. The molecule has 0 radical (unpaired) electrons.